The van der Waals surface area contributed by atoms with E-state index in [4.69, 9.17) is 4.55 Å². The molecule has 2 aromatic heterocycles. The second kappa shape index (κ2) is 5.07. The number of nitrogens with one attached hydrogen (secondary N) is 2. The molecule has 1 fully saturated rings. The van der Waals surface area contributed by atoms with Crippen LogP contribution in [0.5, 0.6) is 0 Å². The fourth-order valence-corrected chi connectivity index (χ4v) is 1.39. The van der Waals surface area contributed by atoms with Crippen LogP contribution in [-0.2, 0) is 10.1 Å². The van der Waals surface area contributed by atoms with Gasteiger partial charge >= 0.3 is 0 Å². The zero-order valence-electron chi connectivity index (χ0n) is 9.98. The van der Waals surface area contributed by atoms with E-state index in [0.717, 1.165) is 11.9 Å². The molecule has 1 saturated carbocycles. The topological polar surface area (TPSA) is 141 Å². The Balaban J connectivity index is 0.000000232. The van der Waals surface area contributed by atoms with Gasteiger partial charge in [0.25, 0.3) is 10.1 Å². The van der Waals surface area contributed by atoms with Gasteiger partial charge in [0.15, 0.2) is 11.5 Å². The Morgan fingerprint density at radius 3 is 2.63 bits per heavy atom. The summed E-state index contributed by atoms with van der Waals surface area (Å²) >= 11 is 0. The fraction of sp³-hybridized carbons (Fsp3) is 0.444. The molecule has 0 radical (unpaired) electrons. The van der Waals surface area contributed by atoms with Gasteiger partial charge in [-0.25, -0.2) is 15.0 Å². The van der Waals surface area contributed by atoms with Gasteiger partial charge in [0.2, 0.25) is 0 Å². The molecule has 4 N–H and O–H groups in total. The lowest BCUT2D eigenvalue weighted by molar-refractivity contribution is 0.274. The van der Waals surface area contributed by atoms with E-state index in [0.29, 0.717) is 17.7 Å². The Morgan fingerprint density at radius 2 is 2.05 bits per heavy atom. The quantitative estimate of drug-likeness (QED) is 0.537. The number of rotatable bonds is 2. The van der Waals surface area contributed by atoms with Gasteiger partial charge in [0.1, 0.15) is 11.8 Å². The highest BCUT2D eigenvalue weighted by Crippen LogP contribution is 2.26. The molecule has 9 nitrogen and oxygen atoms in total. The van der Waals surface area contributed by atoms with Crippen LogP contribution in [0.25, 0.3) is 11.2 Å². The molecule has 0 bridgehead atoms. The van der Waals surface area contributed by atoms with Crippen molar-refractivity contribution in [2.24, 2.45) is 0 Å². The zero-order chi connectivity index (χ0) is 14.0. The first-order valence-electron chi connectivity index (χ1n) is 5.35. The predicted octanol–water partition coefficient (Wildman–Crippen LogP) is -0.598. The molecule has 1 aliphatic rings. The molecular formula is C9H13N5O4S. The molecular weight excluding hydrogens is 274 g/mol. The summed E-state index contributed by atoms with van der Waals surface area (Å²) in [5.41, 5.74) is 1.42. The Kier molecular flexibility index (Phi) is 3.64. The van der Waals surface area contributed by atoms with Gasteiger partial charge in [0.05, 0.1) is 24.7 Å². The molecule has 2 aromatic rings. The molecule has 0 aromatic carbocycles. The standard InChI is InChI=1S/C8H9N5O.CH4O3S/c14-5-1-4(5)13-8-6-7(10-2-9-6)11-3-12-8;1-5(2,3)4/h2-5,14H,1H2,(H2,9,10,11,12,13);1H3,(H,2,3,4). The average molecular weight is 287 g/mol. The number of aromatic amines is 1. The Bertz CT molecular complexity index is 662. The summed E-state index contributed by atoms with van der Waals surface area (Å²) in [4.78, 5) is 15.1. The lowest BCUT2D eigenvalue weighted by Gasteiger charge is -2.02. The van der Waals surface area contributed by atoms with Crippen LogP contribution >= 0.6 is 0 Å². The van der Waals surface area contributed by atoms with E-state index in [-0.39, 0.29) is 12.1 Å². The highest BCUT2D eigenvalue weighted by molar-refractivity contribution is 7.85. The third-order valence-electron chi connectivity index (χ3n) is 2.30. The molecule has 0 saturated heterocycles. The van der Waals surface area contributed by atoms with E-state index in [1.165, 1.54) is 6.33 Å². The average Bonchev–Trinajstić information content (AvgIpc) is 2.77. The molecule has 19 heavy (non-hydrogen) atoms. The highest BCUT2D eigenvalue weighted by atomic mass is 32.2. The van der Waals surface area contributed by atoms with Crippen molar-refractivity contribution in [3.8, 4) is 0 Å². The predicted molar refractivity (Wildman–Crippen MR) is 67.2 cm³/mol. The highest BCUT2D eigenvalue weighted by Gasteiger charge is 2.35. The first-order valence-corrected chi connectivity index (χ1v) is 7.20. The molecule has 104 valence electrons. The Labute approximate surface area is 108 Å². The maximum atomic E-state index is 9.19. The van der Waals surface area contributed by atoms with E-state index < -0.39 is 10.1 Å². The number of fused-ring (bicyclic) bond motifs is 1. The number of nitrogens with zero attached hydrogens (tertiary/aromatic N) is 3. The van der Waals surface area contributed by atoms with Gasteiger partial charge in [-0.2, -0.15) is 8.42 Å². The van der Waals surface area contributed by atoms with Crippen LogP contribution in [0.1, 0.15) is 6.42 Å². The van der Waals surface area contributed by atoms with Crippen LogP contribution in [0.15, 0.2) is 12.7 Å². The second-order valence-electron chi connectivity index (χ2n) is 4.11. The smallest absolute Gasteiger partial charge is 0.261 e. The molecule has 2 heterocycles. The second-order valence-corrected chi connectivity index (χ2v) is 5.58. The van der Waals surface area contributed by atoms with Crippen molar-refractivity contribution in [3.63, 3.8) is 0 Å². The van der Waals surface area contributed by atoms with E-state index in [9.17, 15) is 13.5 Å². The summed E-state index contributed by atoms with van der Waals surface area (Å²) < 4.78 is 25.9. The first-order chi connectivity index (χ1) is 8.84. The van der Waals surface area contributed by atoms with Crippen LogP contribution in [-0.4, -0.2) is 56.4 Å². The van der Waals surface area contributed by atoms with Crippen molar-refractivity contribution in [2.45, 2.75) is 18.6 Å². The molecule has 3 rings (SSSR count). The Hall–Kier alpha value is -1.78. The lowest BCUT2D eigenvalue weighted by Crippen LogP contribution is -2.08. The van der Waals surface area contributed by atoms with Crippen LogP contribution in [0.4, 0.5) is 5.82 Å². The molecule has 1 aliphatic carbocycles. The number of aliphatic hydroxyl groups is 1. The number of hydrogen-bond donors (Lipinski definition) is 4. The number of imidazole rings is 1. The first kappa shape index (κ1) is 13.6. The summed E-state index contributed by atoms with van der Waals surface area (Å²) in [7, 11) is -3.67. The van der Waals surface area contributed by atoms with Crippen molar-refractivity contribution < 1.29 is 18.1 Å². The van der Waals surface area contributed by atoms with Gasteiger partial charge in [0, 0.05) is 0 Å². The van der Waals surface area contributed by atoms with E-state index >= 15 is 0 Å². The van der Waals surface area contributed by atoms with Crippen molar-refractivity contribution in [3.05, 3.63) is 12.7 Å². The summed E-state index contributed by atoms with van der Waals surface area (Å²) in [6.07, 6.45) is 4.28. The van der Waals surface area contributed by atoms with Crippen LogP contribution < -0.4 is 5.32 Å². The SMILES string of the molecule is CS(=O)(=O)O.OC1CC1Nc1ncnc2nc[nH]c12. The summed E-state index contributed by atoms with van der Waals surface area (Å²) in [5.74, 6) is 0.703. The normalized spacial score (nSPS) is 21.6. The largest absolute Gasteiger partial charge is 0.391 e. The van der Waals surface area contributed by atoms with Crippen LogP contribution in [0, 0.1) is 0 Å². The van der Waals surface area contributed by atoms with Gasteiger partial charge in [-0.15, -0.1) is 0 Å². The number of H-pyrrole nitrogens is 1. The number of anilines is 1. The Morgan fingerprint density at radius 1 is 1.42 bits per heavy atom. The monoisotopic (exact) mass is 287 g/mol. The van der Waals surface area contributed by atoms with Crippen LogP contribution in [0.3, 0.4) is 0 Å². The minimum atomic E-state index is -3.67. The molecule has 0 amide bonds. The minimum absolute atomic E-state index is 0.122. The van der Waals surface area contributed by atoms with Gasteiger partial charge in [-0.05, 0) is 6.42 Å². The maximum Gasteiger partial charge on any atom is 0.261 e. The fourth-order valence-electron chi connectivity index (χ4n) is 1.39. The number of aliphatic hydroxyl groups excluding tert-OH is 1. The van der Waals surface area contributed by atoms with E-state index in [2.05, 4.69) is 25.3 Å². The van der Waals surface area contributed by atoms with E-state index in [1.54, 1.807) is 6.33 Å². The molecule has 0 aliphatic heterocycles. The third kappa shape index (κ3) is 4.12. The summed E-state index contributed by atoms with van der Waals surface area (Å²) in [5, 5.41) is 12.3. The number of aromatic nitrogens is 4. The van der Waals surface area contributed by atoms with Crippen molar-refractivity contribution in [2.75, 3.05) is 11.6 Å². The molecule has 10 heteroatoms. The summed E-state index contributed by atoms with van der Waals surface area (Å²) in [6, 6.07) is 0.122. The van der Waals surface area contributed by atoms with Gasteiger partial charge in [-0.1, -0.05) is 0 Å². The third-order valence-corrected chi connectivity index (χ3v) is 2.30. The van der Waals surface area contributed by atoms with Crippen molar-refractivity contribution in [1.29, 1.82) is 0 Å². The molecule has 2 unspecified atom stereocenters. The molecule has 0 spiro atoms. The zero-order valence-corrected chi connectivity index (χ0v) is 10.8. The number of hydrogen-bond acceptors (Lipinski definition) is 7. The van der Waals surface area contributed by atoms with Crippen molar-refractivity contribution in [1.82, 2.24) is 19.9 Å². The van der Waals surface area contributed by atoms with Gasteiger partial charge in [-0.3, -0.25) is 4.55 Å². The minimum Gasteiger partial charge on any atom is -0.391 e. The van der Waals surface area contributed by atoms with Gasteiger partial charge < -0.3 is 15.4 Å². The summed E-state index contributed by atoms with van der Waals surface area (Å²) in [6.45, 7) is 0. The maximum absolute atomic E-state index is 9.19. The lowest BCUT2D eigenvalue weighted by atomic mass is 10.5. The van der Waals surface area contributed by atoms with Crippen molar-refractivity contribution >= 4 is 27.1 Å². The van der Waals surface area contributed by atoms with E-state index in [1.807, 2.05) is 0 Å². The van der Waals surface area contributed by atoms with Crippen LogP contribution in [0.2, 0.25) is 0 Å². The molecule has 2 atom stereocenters.